The predicted molar refractivity (Wildman–Crippen MR) is 63.3 cm³/mol. The SMILES string of the molecule is O=[N+]([O-])c1cccc(N=c2ssnc2Cl)c1. The van der Waals surface area contributed by atoms with Crippen molar-refractivity contribution >= 4 is 43.9 Å². The van der Waals surface area contributed by atoms with Gasteiger partial charge in [-0.05, 0) is 16.4 Å². The maximum absolute atomic E-state index is 10.6. The first-order valence-corrected chi connectivity index (χ1v) is 6.56. The summed E-state index contributed by atoms with van der Waals surface area (Å²) in [5.41, 5.74) is 0.498. The van der Waals surface area contributed by atoms with Crippen LogP contribution in [0.15, 0.2) is 29.3 Å². The van der Waals surface area contributed by atoms with Crippen molar-refractivity contribution in [1.29, 1.82) is 0 Å². The molecule has 0 atom stereocenters. The third-order valence-corrected chi connectivity index (χ3v) is 3.85. The summed E-state index contributed by atoms with van der Waals surface area (Å²) < 4.78 is 4.43. The van der Waals surface area contributed by atoms with Gasteiger partial charge in [-0.15, -0.1) is 0 Å². The van der Waals surface area contributed by atoms with Crippen LogP contribution in [0.4, 0.5) is 11.4 Å². The zero-order valence-corrected chi connectivity index (χ0v) is 10.1. The summed E-state index contributed by atoms with van der Waals surface area (Å²) in [6.45, 7) is 0. The molecular weight excluding hydrogens is 270 g/mol. The van der Waals surface area contributed by atoms with E-state index in [9.17, 15) is 10.1 Å². The van der Waals surface area contributed by atoms with Gasteiger partial charge >= 0.3 is 0 Å². The highest BCUT2D eigenvalue weighted by Gasteiger charge is 2.05. The molecule has 0 N–H and O–H groups in total. The van der Waals surface area contributed by atoms with Crippen LogP contribution in [0, 0.1) is 10.1 Å². The highest BCUT2D eigenvalue weighted by Crippen LogP contribution is 2.19. The standard InChI is InChI=1S/C8H4ClN3O2S2/c9-7-8(15-16-11-7)10-5-2-1-3-6(4-5)12(13)14/h1-4H. The summed E-state index contributed by atoms with van der Waals surface area (Å²) in [4.78, 5) is 14.3. The minimum absolute atomic E-state index is 0.00515. The molecule has 0 aliphatic carbocycles. The van der Waals surface area contributed by atoms with Crippen LogP contribution in [0.25, 0.3) is 0 Å². The average Bonchev–Trinajstić information content (AvgIpc) is 2.65. The Bertz CT molecular complexity index is 593. The van der Waals surface area contributed by atoms with E-state index in [2.05, 4.69) is 9.37 Å². The zero-order valence-electron chi connectivity index (χ0n) is 7.66. The molecule has 0 spiro atoms. The van der Waals surface area contributed by atoms with Crippen molar-refractivity contribution in [3.05, 3.63) is 44.2 Å². The van der Waals surface area contributed by atoms with E-state index in [0.717, 1.165) is 0 Å². The average molecular weight is 274 g/mol. The molecule has 16 heavy (non-hydrogen) atoms. The molecule has 8 heteroatoms. The molecule has 0 radical (unpaired) electrons. The fourth-order valence-corrected chi connectivity index (χ4v) is 3.01. The topological polar surface area (TPSA) is 68.4 Å². The van der Waals surface area contributed by atoms with Gasteiger partial charge in [0.2, 0.25) is 0 Å². The molecule has 0 bridgehead atoms. The van der Waals surface area contributed by atoms with Crippen molar-refractivity contribution in [2.75, 3.05) is 0 Å². The molecule has 0 saturated carbocycles. The van der Waals surface area contributed by atoms with Gasteiger partial charge in [-0.1, -0.05) is 17.7 Å². The lowest BCUT2D eigenvalue weighted by atomic mass is 10.3. The summed E-state index contributed by atoms with van der Waals surface area (Å²) in [6.07, 6.45) is 0. The second kappa shape index (κ2) is 4.69. The Morgan fingerprint density at radius 1 is 1.50 bits per heavy atom. The number of halogens is 1. The summed E-state index contributed by atoms with van der Waals surface area (Å²) in [5.74, 6) is 0. The van der Waals surface area contributed by atoms with E-state index < -0.39 is 4.92 Å². The normalized spacial score (nSPS) is 11.7. The number of aromatic nitrogens is 1. The molecule has 1 aromatic heterocycles. The van der Waals surface area contributed by atoms with E-state index in [1.165, 1.54) is 33.0 Å². The number of rotatable bonds is 2. The van der Waals surface area contributed by atoms with Gasteiger partial charge in [0.05, 0.1) is 10.6 Å². The molecule has 82 valence electrons. The second-order valence-corrected chi connectivity index (χ2v) is 4.92. The van der Waals surface area contributed by atoms with Crippen molar-refractivity contribution in [2.24, 2.45) is 4.99 Å². The molecule has 2 rings (SSSR count). The fourth-order valence-electron chi connectivity index (χ4n) is 1.02. The summed E-state index contributed by atoms with van der Waals surface area (Å²) >= 11 is 5.77. The maximum atomic E-state index is 10.6. The summed E-state index contributed by atoms with van der Waals surface area (Å²) in [7, 11) is 2.55. The number of nitrogens with zero attached hydrogens (tertiary/aromatic N) is 3. The predicted octanol–water partition coefficient (Wildman–Crippen LogP) is 3.00. The largest absolute Gasteiger partial charge is 0.271 e. The van der Waals surface area contributed by atoms with Gasteiger partial charge in [-0.2, -0.15) is 4.37 Å². The van der Waals surface area contributed by atoms with E-state index >= 15 is 0 Å². The first-order valence-electron chi connectivity index (χ1n) is 4.07. The van der Waals surface area contributed by atoms with Gasteiger partial charge in [-0.3, -0.25) is 10.1 Å². The molecule has 5 nitrogen and oxygen atoms in total. The Labute approximate surface area is 102 Å². The Morgan fingerprint density at radius 2 is 2.31 bits per heavy atom. The minimum Gasteiger partial charge on any atom is -0.258 e. The van der Waals surface area contributed by atoms with E-state index in [0.29, 0.717) is 15.5 Å². The van der Waals surface area contributed by atoms with Gasteiger partial charge in [0.15, 0.2) is 9.82 Å². The van der Waals surface area contributed by atoms with Crippen LogP contribution in [0.3, 0.4) is 0 Å². The van der Waals surface area contributed by atoms with Gasteiger partial charge in [0.1, 0.15) is 0 Å². The lowest BCUT2D eigenvalue weighted by Gasteiger charge is -1.92. The van der Waals surface area contributed by atoms with Crippen LogP contribution < -0.4 is 4.67 Å². The lowest BCUT2D eigenvalue weighted by Crippen LogP contribution is -1.93. The van der Waals surface area contributed by atoms with Crippen LogP contribution >= 0.6 is 32.5 Å². The Kier molecular flexibility index (Phi) is 3.28. The summed E-state index contributed by atoms with van der Waals surface area (Å²) in [6, 6.07) is 6.06. The molecular formula is C8H4ClN3O2S2. The number of hydrogen-bond acceptors (Lipinski definition) is 6. The quantitative estimate of drug-likeness (QED) is 0.480. The van der Waals surface area contributed by atoms with Crippen LogP contribution in [0.5, 0.6) is 0 Å². The second-order valence-electron chi connectivity index (χ2n) is 2.73. The van der Waals surface area contributed by atoms with Gasteiger partial charge < -0.3 is 0 Å². The van der Waals surface area contributed by atoms with Crippen molar-refractivity contribution in [3.8, 4) is 0 Å². The van der Waals surface area contributed by atoms with Gasteiger partial charge in [-0.25, -0.2) is 4.99 Å². The molecule has 1 aromatic carbocycles. The van der Waals surface area contributed by atoms with E-state index in [4.69, 9.17) is 11.6 Å². The minimum atomic E-state index is -0.462. The molecule has 0 saturated heterocycles. The van der Waals surface area contributed by atoms with Crippen LogP contribution in [0.2, 0.25) is 5.15 Å². The number of nitro groups is 1. The third kappa shape index (κ3) is 2.43. The van der Waals surface area contributed by atoms with Gasteiger partial charge in [0.25, 0.3) is 5.69 Å². The monoisotopic (exact) mass is 273 g/mol. The highest BCUT2D eigenvalue weighted by atomic mass is 35.5. The number of nitro benzene ring substituents is 1. The maximum Gasteiger partial charge on any atom is 0.271 e. The van der Waals surface area contributed by atoms with E-state index in [-0.39, 0.29) is 5.69 Å². The summed E-state index contributed by atoms with van der Waals surface area (Å²) in [5, 5.41) is 10.9. The zero-order chi connectivity index (χ0) is 11.5. The fraction of sp³-hybridized carbons (Fsp3) is 0. The van der Waals surface area contributed by atoms with Crippen molar-refractivity contribution in [3.63, 3.8) is 0 Å². The molecule has 2 aromatic rings. The van der Waals surface area contributed by atoms with Crippen molar-refractivity contribution in [2.45, 2.75) is 0 Å². The third-order valence-electron chi connectivity index (χ3n) is 1.68. The van der Waals surface area contributed by atoms with Crippen LogP contribution in [-0.2, 0) is 0 Å². The number of benzene rings is 1. The first kappa shape index (κ1) is 11.2. The Morgan fingerprint density at radius 3 is 2.94 bits per heavy atom. The number of hydrogen-bond donors (Lipinski definition) is 0. The Hall–Kier alpha value is -1.31. The van der Waals surface area contributed by atoms with Crippen molar-refractivity contribution in [1.82, 2.24) is 4.37 Å². The molecule has 0 unspecified atom stereocenters. The van der Waals surface area contributed by atoms with E-state index in [1.807, 2.05) is 0 Å². The van der Waals surface area contributed by atoms with Gasteiger partial charge in [0, 0.05) is 22.7 Å². The first-order chi connectivity index (χ1) is 7.66. The molecule has 0 aliphatic heterocycles. The van der Waals surface area contributed by atoms with Crippen LogP contribution in [-0.4, -0.2) is 9.30 Å². The Balaban J connectivity index is 2.47. The molecule has 0 fully saturated rings. The lowest BCUT2D eigenvalue weighted by molar-refractivity contribution is -0.384. The molecule has 0 aliphatic rings. The smallest absolute Gasteiger partial charge is 0.258 e. The van der Waals surface area contributed by atoms with E-state index in [1.54, 1.807) is 12.1 Å². The van der Waals surface area contributed by atoms with Crippen molar-refractivity contribution < 1.29 is 4.92 Å². The molecule has 1 heterocycles. The highest BCUT2D eigenvalue weighted by molar-refractivity contribution is 7.66. The number of non-ortho nitro benzene ring substituents is 1. The van der Waals surface area contributed by atoms with Crippen LogP contribution in [0.1, 0.15) is 0 Å². The molecule has 0 amide bonds.